The van der Waals surface area contributed by atoms with Gasteiger partial charge in [-0.1, -0.05) is 15.9 Å². The van der Waals surface area contributed by atoms with Crippen LogP contribution in [-0.4, -0.2) is 36.5 Å². The predicted octanol–water partition coefficient (Wildman–Crippen LogP) is 4.22. The van der Waals surface area contributed by atoms with Gasteiger partial charge in [0.05, 0.1) is 0 Å². The molecule has 1 aliphatic heterocycles. The van der Waals surface area contributed by atoms with E-state index in [1.807, 2.05) is 29.2 Å². The third-order valence-corrected chi connectivity index (χ3v) is 5.36. The lowest BCUT2D eigenvalue weighted by molar-refractivity contribution is 0.0675. The monoisotopic (exact) mass is 412 g/mol. The smallest absolute Gasteiger partial charge is 0.289 e. The molecule has 0 bridgehead atoms. The Hall–Kier alpha value is -1.04. The molecule has 4 nitrogen and oxygen atoms in total. The van der Waals surface area contributed by atoms with Gasteiger partial charge in [0.25, 0.3) is 5.91 Å². The minimum absolute atomic E-state index is 0. The van der Waals surface area contributed by atoms with E-state index in [1.165, 1.54) is 12.8 Å². The number of benzene rings is 1. The third-order valence-electron chi connectivity index (χ3n) is 4.86. The molecule has 4 rings (SSSR count). The van der Waals surface area contributed by atoms with Gasteiger partial charge < -0.3 is 14.6 Å². The Morgan fingerprint density at radius 2 is 1.96 bits per heavy atom. The van der Waals surface area contributed by atoms with E-state index in [1.54, 1.807) is 0 Å². The van der Waals surface area contributed by atoms with Crippen LogP contribution in [0.5, 0.6) is 0 Å². The number of furan rings is 1. The summed E-state index contributed by atoms with van der Waals surface area (Å²) >= 11 is 3.45. The summed E-state index contributed by atoms with van der Waals surface area (Å²) in [4.78, 5) is 14.6. The fourth-order valence-electron chi connectivity index (χ4n) is 3.22. The van der Waals surface area contributed by atoms with Crippen molar-refractivity contribution in [2.45, 2.75) is 31.7 Å². The normalized spacial score (nSPS) is 18.6. The van der Waals surface area contributed by atoms with Crippen LogP contribution in [0, 0.1) is 5.92 Å². The fourth-order valence-corrected chi connectivity index (χ4v) is 3.60. The van der Waals surface area contributed by atoms with Crippen LogP contribution < -0.4 is 5.32 Å². The van der Waals surface area contributed by atoms with E-state index in [4.69, 9.17) is 4.42 Å². The Bertz CT molecular complexity index is 721. The van der Waals surface area contributed by atoms with Gasteiger partial charge >= 0.3 is 0 Å². The van der Waals surface area contributed by atoms with Crippen molar-refractivity contribution in [3.63, 3.8) is 0 Å². The molecule has 2 fully saturated rings. The molecule has 130 valence electrons. The molecule has 6 heteroatoms. The Morgan fingerprint density at radius 1 is 1.21 bits per heavy atom. The molecule has 2 aromatic rings. The number of hydrogen-bond donors (Lipinski definition) is 1. The van der Waals surface area contributed by atoms with E-state index in [0.717, 1.165) is 53.8 Å². The summed E-state index contributed by atoms with van der Waals surface area (Å²) < 4.78 is 6.72. The maximum Gasteiger partial charge on any atom is 0.289 e. The van der Waals surface area contributed by atoms with Crippen molar-refractivity contribution >= 4 is 45.2 Å². The Balaban J connectivity index is 0.00000169. The maximum atomic E-state index is 12.6. The predicted molar refractivity (Wildman–Crippen MR) is 101 cm³/mol. The molecule has 2 heterocycles. The Kier molecular flexibility index (Phi) is 5.52. The van der Waals surface area contributed by atoms with Crippen molar-refractivity contribution in [1.29, 1.82) is 0 Å². The first kappa shape index (κ1) is 17.8. The molecule has 0 spiro atoms. The van der Waals surface area contributed by atoms with Gasteiger partial charge in [-0.3, -0.25) is 4.79 Å². The zero-order valence-electron chi connectivity index (χ0n) is 13.5. The molecule has 2 aliphatic rings. The molecule has 1 aliphatic carbocycles. The topological polar surface area (TPSA) is 45.5 Å². The van der Waals surface area contributed by atoms with Crippen LogP contribution in [0.25, 0.3) is 11.0 Å². The highest BCUT2D eigenvalue weighted by atomic mass is 79.9. The van der Waals surface area contributed by atoms with Gasteiger partial charge in [-0.15, -0.1) is 12.4 Å². The summed E-state index contributed by atoms with van der Waals surface area (Å²) in [6, 6.07) is 8.21. The minimum atomic E-state index is 0. The van der Waals surface area contributed by atoms with Gasteiger partial charge in [0.15, 0.2) is 5.76 Å². The van der Waals surface area contributed by atoms with Crippen LogP contribution in [0.4, 0.5) is 0 Å². The summed E-state index contributed by atoms with van der Waals surface area (Å²) in [7, 11) is 0. The van der Waals surface area contributed by atoms with Crippen LogP contribution >= 0.6 is 28.3 Å². The lowest BCUT2D eigenvalue weighted by Crippen LogP contribution is -2.45. The van der Waals surface area contributed by atoms with Gasteiger partial charge in [0.1, 0.15) is 5.58 Å². The molecule has 24 heavy (non-hydrogen) atoms. The van der Waals surface area contributed by atoms with Crippen LogP contribution in [0.1, 0.15) is 36.2 Å². The molecule has 1 aromatic heterocycles. The average Bonchev–Trinajstić information content (AvgIpc) is 3.30. The second-order valence-electron chi connectivity index (χ2n) is 6.71. The molecule has 1 amide bonds. The summed E-state index contributed by atoms with van der Waals surface area (Å²) in [5, 5.41) is 4.61. The fraction of sp³-hybridized carbons (Fsp3) is 0.500. The van der Waals surface area contributed by atoms with Crippen molar-refractivity contribution in [2.24, 2.45) is 5.92 Å². The van der Waals surface area contributed by atoms with Gasteiger partial charge in [-0.05, 0) is 62.4 Å². The third kappa shape index (κ3) is 3.95. The summed E-state index contributed by atoms with van der Waals surface area (Å²) in [6.07, 6.45) is 4.83. The lowest BCUT2D eigenvalue weighted by atomic mass is 10.0. The van der Waals surface area contributed by atoms with E-state index in [0.29, 0.717) is 11.8 Å². The number of amides is 1. The van der Waals surface area contributed by atoms with Crippen LogP contribution in [0.3, 0.4) is 0 Å². The SMILES string of the molecule is Cl.O=C(c1cc2cc(Br)ccc2o1)N1CCC(NCC2CC2)CC1. The van der Waals surface area contributed by atoms with E-state index in [9.17, 15) is 4.79 Å². The van der Waals surface area contributed by atoms with Gasteiger partial charge in [-0.2, -0.15) is 0 Å². The Morgan fingerprint density at radius 3 is 2.67 bits per heavy atom. The number of likely N-dealkylation sites (tertiary alicyclic amines) is 1. The highest BCUT2D eigenvalue weighted by molar-refractivity contribution is 9.10. The number of nitrogens with one attached hydrogen (secondary N) is 1. The van der Waals surface area contributed by atoms with Gasteiger partial charge in [-0.25, -0.2) is 0 Å². The van der Waals surface area contributed by atoms with Crippen molar-refractivity contribution in [3.05, 3.63) is 34.5 Å². The molecule has 1 saturated heterocycles. The van der Waals surface area contributed by atoms with Crippen molar-refractivity contribution in [3.8, 4) is 0 Å². The van der Waals surface area contributed by atoms with Crippen LogP contribution in [0.15, 0.2) is 33.2 Å². The summed E-state index contributed by atoms with van der Waals surface area (Å²) in [5.41, 5.74) is 0.762. The quantitative estimate of drug-likeness (QED) is 0.816. The molecule has 1 saturated carbocycles. The van der Waals surface area contributed by atoms with Crippen molar-refractivity contribution < 1.29 is 9.21 Å². The zero-order chi connectivity index (χ0) is 15.8. The van der Waals surface area contributed by atoms with Crippen molar-refractivity contribution in [2.75, 3.05) is 19.6 Å². The Labute approximate surface area is 156 Å². The highest BCUT2D eigenvalue weighted by Gasteiger charge is 2.27. The first-order valence-electron chi connectivity index (χ1n) is 8.41. The van der Waals surface area contributed by atoms with Crippen LogP contribution in [0.2, 0.25) is 0 Å². The molecule has 0 radical (unpaired) electrons. The number of hydrogen-bond acceptors (Lipinski definition) is 3. The highest BCUT2D eigenvalue weighted by Crippen LogP contribution is 2.28. The number of fused-ring (bicyclic) bond motifs is 1. The molecule has 0 unspecified atom stereocenters. The van der Waals surface area contributed by atoms with E-state index < -0.39 is 0 Å². The number of nitrogens with zero attached hydrogens (tertiary/aromatic N) is 1. The van der Waals surface area contributed by atoms with E-state index >= 15 is 0 Å². The molecular formula is C18H22BrClN2O2. The standard InChI is InChI=1S/C18H21BrN2O2.ClH/c19-14-3-4-16-13(9-14)10-17(23-16)18(22)21-7-5-15(6-8-21)20-11-12-1-2-12;/h3-4,9-10,12,15,20H,1-2,5-8,11H2;1H. The number of halogens is 2. The van der Waals surface area contributed by atoms with Crippen molar-refractivity contribution in [1.82, 2.24) is 10.2 Å². The molecule has 1 N–H and O–H groups in total. The van der Waals surface area contributed by atoms with Gasteiger partial charge in [0, 0.05) is 29.0 Å². The average molecular weight is 414 g/mol. The number of carbonyl (C=O) groups is 1. The minimum Gasteiger partial charge on any atom is -0.451 e. The van der Waals surface area contributed by atoms with E-state index in [2.05, 4.69) is 21.2 Å². The summed E-state index contributed by atoms with van der Waals surface area (Å²) in [5.74, 6) is 1.37. The number of carbonyl (C=O) groups excluding carboxylic acids is 1. The molecule has 1 aromatic carbocycles. The first-order valence-corrected chi connectivity index (χ1v) is 9.20. The molecule has 0 atom stereocenters. The first-order chi connectivity index (χ1) is 11.2. The zero-order valence-corrected chi connectivity index (χ0v) is 15.9. The largest absolute Gasteiger partial charge is 0.451 e. The van der Waals surface area contributed by atoms with Crippen LogP contribution in [-0.2, 0) is 0 Å². The number of rotatable bonds is 4. The lowest BCUT2D eigenvalue weighted by Gasteiger charge is -2.32. The van der Waals surface area contributed by atoms with Gasteiger partial charge in [0.2, 0.25) is 0 Å². The second kappa shape index (κ2) is 7.46. The molecular weight excluding hydrogens is 392 g/mol. The second-order valence-corrected chi connectivity index (χ2v) is 7.63. The van der Waals surface area contributed by atoms with E-state index in [-0.39, 0.29) is 18.3 Å². The summed E-state index contributed by atoms with van der Waals surface area (Å²) in [6.45, 7) is 2.76. The number of piperidine rings is 1. The maximum absolute atomic E-state index is 12.6.